The molecule has 19 heavy (non-hydrogen) atoms. The molecule has 1 aliphatic carbocycles. The van der Waals surface area contributed by atoms with E-state index < -0.39 is 0 Å². The largest absolute Gasteiger partial charge is 0.398 e. The highest BCUT2D eigenvalue weighted by Gasteiger charge is 2.26. The van der Waals surface area contributed by atoms with Gasteiger partial charge in [-0.2, -0.15) is 0 Å². The quantitative estimate of drug-likeness (QED) is 0.746. The number of amides is 1. The fourth-order valence-electron chi connectivity index (χ4n) is 2.60. The lowest BCUT2D eigenvalue weighted by atomic mass is 9.85. The molecule has 0 heterocycles. The average molecular weight is 327 g/mol. The lowest BCUT2D eigenvalue weighted by Gasteiger charge is -2.31. The molecule has 5 heteroatoms. The van der Waals surface area contributed by atoms with Crippen LogP contribution in [0.25, 0.3) is 0 Å². The second kappa shape index (κ2) is 6.39. The second-order valence-corrected chi connectivity index (χ2v) is 5.95. The number of halogens is 1. The van der Waals surface area contributed by atoms with Gasteiger partial charge in [0, 0.05) is 28.7 Å². The summed E-state index contributed by atoms with van der Waals surface area (Å²) in [6.45, 7) is 0.126. The molecule has 4 N–H and O–H groups in total. The number of hydrogen-bond donors (Lipinski definition) is 3. The lowest BCUT2D eigenvalue weighted by Crippen LogP contribution is -2.43. The van der Waals surface area contributed by atoms with E-state index in [1.165, 1.54) is 0 Å². The third-order valence-electron chi connectivity index (χ3n) is 3.72. The number of benzene rings is 1. The summed E-state index contributed by atoms with van der Waals surface area (Å²) in [5.74, 6) is 0.00437. The summed E-state index contributed by atoms with van der Waals surface area (Å²) in [6, 6.07) is 5.29. The number of aliphatic hydroxyl groups is 1. The first-order valence-electron chi connectivity index (χ1n) is 6.58. The van der Waals surface area contributed by atoms with Gasteiger partial charge in [-0.25, -0.2) is 0 Å². The number of carbonyl (C=O) groups excluding carboxylic acids is 1. The van der Waals surface area contributed by atoms with Crippen molar-refractivity contribution in [2.24, 2.45) is 5.92 Å². The molecule has 1 amide bonds. The van der Waals surface area contributed by atoms with Crippen molar-refractivity contribution in [1.29, 1.82) is 0 Å². The molecule has 0 bridgehead atoms. The van der Waals surface area contributed by atoms with E-state index in [1.54, 1.807) is 18.2 Å². The van der Waals surface area contributed by atoms with Crippen LogP contribution in [0.15, 0.2) is 22.7 Å². The summed E-state index contributed by atoms with van der Waals surface area (Å²) in [5, 5.41) is 12.4. The number of nitrogen functional groups attached to an aromatic ring is 1. The highest BCUT2D eigenvalue weighted by Crippen LogP contribution is 2.25. The molecular weight excluding hydrogens is 308 g/mol. The Morgan fingerprint density at radius 3 is 2.84 bits per heavy atom. The van der Waals surface area contributed by atoms with Crippen LogP contribution in [-0.2, 0) is 0 Å². The molecule has 0 saturated heterocycles. The molecule has 4 nitrogen and oxygen atoms in total. The Morgan fingerprint density at radius 1 is 1.42 bits per heavy atom. The van der Waals surface area contributed by atoms with Gasteiger partial charge in [-0.05, 0) is 31.0 Å². The average Bonchev–Trinajstić information content (AvgIpc) is 2.39. The van der Waals surface area contributed by atoms with E-state index in [0.717, 1.165) is 30.2 Å². The summed E-state index contributed by atoms with van der Waals surface area (Å²) in [6.07, 6.45) is 4.11. The summed E-state index contributed by atoms with van der Waals surface area (Å²) in [4.78, 5) is 12.2. The monoisotopic (exact) mass is 326 g/mol. The van der Waals surface area contributed by atoms with Gasteiger partial charge in [0.1, 0.15) is 0 Å². The first-order valence-corrected chi connectivity index (χ1v) is 7.38. The molecule has 1 saturated carbocycles. The molecule has 0 aliphatic heterocycles. The minimum absolute atomic E-state index is 0.0503. The van der Waals surface area contributed by atoms with E-state index in [4.69, 9.17) is 5.73 Å². The van der Waals surface area contributed by atoms with E-state index in [9.17, 15) is 9.90 Å². The van der Waals surface area contributed by atoms with E-state index in [1.807, 2.05) is 0 Å². The predicted molar refractivity (Wildman–Crippen MR) is 78.9 cm³/mol. The number of anilines is 1. The van der Waals surface area contributed by atoms with Gasteiger partial charge in [0.05, 0.1) is 5.56 Å². The molecule has 2 rings (SSSR count). The number of nitrogens with two attached hydrogens (primary N) is 1. The number of carbonyl (C=O) groups is 1. The Bertz CT molecular complexity index is 465. The normalized spacial score (nSPS) is 23.1. The van der Waals surface area contributed by atoms with Crippen molar-refractivity contribution in [3.8, 4) is 0 Å². The van der Waals surface area contributed by atoms with E-state index in [-0.39, 0.29) is 24.5 Å². The van der Waals surface area contributed by atoms with Crippen molar-refractivity contribution in [1.82, 2.24) is 5.32 Å². The zero-order chi connectivity index (χ0) is 13.8. The number of aliphatic hydroxyl groups excluding tert-OH is 1. The minimum Gasteiger partial charge on any atom is -0.398 e. The van der Waals surface area contributed by atoms with E-state index in [2.05, 4.69) is 21.2 Å². The first kappa shape index (κ1) is 14.3. The highest BCUT2D eigenvalue weighted by molar-refractivity contribution is 9.10. The molecule has 104 valence electrons. The fraction of sp³-hybridized carbons (Fsp3) is 0.500. The lowest BCUT2D eigenvalue weighted by molar-refractivity contribution is 0.0873. The summed E-state index contributed by atoms with van der Waals surface area (Å²) in [5.41, 5.74) is 6.81. The van der Waals surface area contributed by atoms with Crippen LogP contribution in [0, 0.1) is 5.92 Å². The van der Waals surface area contributed by atoms with Crippen LogP contribution in [-0.4, -0.2) is 23.7 Å². The van der Waals surface area contributed by atoms with Gasteiger partial charge < -0.3 is 16.2 Å². The van der Waals surface area contributed by atoms with Gasteiger partial charge in [-0.15, -0.1) is 0 Å². The van der Waals surface area contributed by atoms with Gasteiger partial charge in [-0.1, -0.05) is 28.8 Å². The van der Waals surface area contributed by atoms with Crippen LogP contribution < -0.4 is 11.1 Å². The topological polar surface area (TPSA) is 75.4 Å². The van der Waals surface area contributed by atoms with Gasteiger partial charge in [0.2, 0.25) is 0 Å². The smallest absolute Gasteiger partial charge is 0.253 e. The molecule has 2 atom stereocenters. The predicted octanol–water partition coefficient (Wildman–Crippen LogP) is 2.31. The Labute approximate surface area is 121 Å². The maximum atomic E-state index is 12.2. The Balaban J connectivity index is 2.07. The Kier molecular flexibility index (Phi) is 4.82. The van der Waals surface area contributed by atoms with Crippen LogP contribution in [0.5, 0.6) is 0 Å². The SMILES string of the molecule is Nc1cc(Br)ccc1C(=O)NC1CCCCC1CO. The molecule has 0 radical (unpaired) electrons. The third kappa shape index (κ3) is 3.48. The van der Waals surface area contributed by atoms with Gasteiger partial charge in [0.15, 0.2) is 0 Å². The summed E-state index contributed by atoms with van der Waals surface area (Å²) >= 11 is 3.32. The van der Waals surface area contributed by atoms with Crippen LogP contribution in [0.3, 0.4) is 0 Å². The van der Waals surface area contributed by atoms with Crippen LogP contribution in [0.2, 0.25) is 0 Å². The van der Waals surface area contributed by atoms with Gasteiger partial charge in [-0.3, -0.25) is 4.79 Å². The number of nitrogens with one attached hydrogen (secondary N) is 1. The van der Waals surface area contributed by atoms with Crippen molar-refractivity contribution in [3.05, 3.63) is 28.2 Å². The molecule has 0 aromatic heterocycles. The van der Waals surface area contributed by atoms with Crippen molar-refractivity contribution in [2.45, 2.75) is 31.7 Å². The molecule has 1 aliphatic rings. The molecule has 2 unspecified atom stereocenters. The summed E-state index contributed by atoms with van der Waals surface area (Å²) in [7, 11) is 0. The third-order valence-corrected chi connectivity index (χ3v) is 4.21. The molecule has 1 aromatic rings. The van der Waals surface area contributed by atoms with Crippen molar-refractivity contribution >= 4 is 27.5 Å². The first-order chi connectivity index (χ1) is 9.11. The zero-order valence-corrected chi connectivity index (χ0v) is 12.3. The fourth-order valence-corrected chi connectivity index (χ4v) is 2.98. The van der Waals surface area contributed by atoms with Crippen molar-refractivity contribution in [2.75, 3.05) is 12.3 Å². The molecule has 1 aromatic carbocycles. The highest BCUT2D eigenvalue weighted by atomic mass is 79.9. The van der Waals surface area contributed by atoms with Gasteiger partial charge in [0.25, 0.3) is 5.91 Å². The van der Waals surface area contributed by atoms with E-state index >= 15 is 0 Å². The zero-order valence-electron chi connectivity index (χ0n) is 10.7. The second-order valence-electron chi connectivity index (χ2n) is 5.04. The van der Waals surface area contributed by atoms with Crippen LogP contribution in [0.4, 0.5) is 5.69 Å². The van der Waals surface area contributed by atoms with Gasteiger partial charge >= 0.3 is 0 Å². The number of rotatable bonds is 3. The molecule has 1 fully saturated rings. The van der Waals surface area contributed by atoms with Crippen molar-refractivity contribution < 1.29 is 9.90 Å². The minimum atomic E-state index is -0.157. The molecule has 0 spiro atoms. The maximum absolute atomic E-state index is 12.2. The molecular formula is C14H19BrN2O2. The van der Waals surface area contributed by atoms with Crippen molar-refractivity contribution in [3.63, 3.8) is 0 Å². The maximum Gasteiger partial charge on any atom is 0.253 e. The standard InChI is InChI=1S/C14H19BrN2O2/c15-10-5-6-11(12(16)7-10)14(19)17-13-4-2-1-3-9(13)8-18/h5-7,9,13,18H,1-4,8,16H2,(H,17,19). The van der Waals surface area contributed by atoms with Crippen LogP contribution in [0.1, 0.15) is 36.0 Å². The van der Waals surface area contributed by atoms with Crippen LogP contribution >= 0.6 is 15.9 Å². The Hall–Kier alpha value is -1.07. The Morgan fingerprint density at radius 2 is 2.16 bits per heavy atom. The number of hydrogen-bond acceptors (Lipinski definition) is 3. The van der Waals surface area contributed by atoms with E-state index in [0.29, 0.717) is 11.3 Å². The summed E-state index contributed by atoms with van der Waals surface area (Å²) < 4.78 is 0.854.